The lowest BCUT2D eigenvalue weighted by Crippen LogP contribution is -2.11. The van der Waals surface area contributed by atoms with Crippen LogP contribution in [0, 0.1) is 0 Å². The van der Waals surface area contributed by atoms with Crippen molar-refractivity contribution >= 4 is 11.9 Å². The molecule has 7 heteroatoms. The minimum atomic E-state index is -4.47. The molecular formula is C31H29F3O4. The maximum atomic E-state index is 13.9. The molecule has 198 valence electrons. The molecule has 3 rings (SSSR count). The molecule has 0 amide bonds. The molecule has 0 aliphatic heterocycles. The van der Waals surface area contributed by atoms with Crippen molar-refractivity contribution in [1.29, 1.82) is 0 Å². The molecule has 3 aromatic rings. The number of carbonyl (C=O) groups is 2. The molecule has 0 unspecified atom stereocenters. The summed E-state index contributed by atoms with van der Waals surface area (Å²) in [5.41, 5.74) is 2.48. The Morgan fingerprint density at radius 3 is 1.47 bits per heavy atom. The fraction of sp³-hybridized carbons (Fsp3) is 0.226. The molecule has 0 N–H and O–H groups in total. The summed E-state index contributed by atoms with van der Waals surface area (Å²) in [6.45, 7) is 10.2. The normalized spacial score (nSPS) is 11.1. The molecule has 0 fully saturated rings. The van der Waals surface area contributed by atoms with Crippen molar-refractivity contribution in [3.05, 3.63) is 119 Å². The van der Waals surface area contributed by atoms with Gasteiger partial charge in [-0.15, -0.1) is 0 Å². The SMILES string of the molecule is C=C(C)C(=O)Oc1ccc(CCc2ccc(CCc3ccc(OC(=O)C(=C)C)cc3)c(C(F)(F)F)c2)cc1. The first-order valence-electron chi connectivity index (χ1n) is 12.0. The maximum Gasteiger partial charge on any atom is 0.416 e. The number of benzene rings is 3. The topological polar surface area (TPSA) is 52.6 Å². The summed E-state index contributed by atoms with van der Waals surface area (Å²) in [5, 5.41) is 0. The van der Waals surface area contributed by atoms with E-state index in [1.54, 1.807) is 74.5 Å². The van der Waals surface area contributed by atoms with Gasteiger partial charge in [0.15, 0.2) is 0 Å². The van der Waals surface area contributed by atoms with Crippen molar-refractivity contribution in [2.45, 2.75) is 45.7 Å². The van der Waals surface area contributed by atoms with E-state index in [4.69, 9.17) is 9.47 Å². The van der Waals surface area contributed by atoms with Crippen molar-refractivity contribution in [2.75, 3.05) is 0 Å². The van der Waals surface area contributed by atoms with Crippen LogP contribution in [0.2, 0.25) is 0 Å². The highest BCUT2D eigenvalue weighted by molar-refractivity contribution is 5.89. The number of halogens is 3. The van der Waals surface area contributed by atoms with Gasteiger partial charge >= 0.3 is 18.1 Å². The van der Waals surface area contributed by atoms with Crippen molar-refractivity contribution in [3.8, 4) is 11.5 Å². The molecule has 0 bridgehead atoms. The molecule has 0 aromatic heterocycles. The standard InChI is InChI=1S/C31H29F3O4/c1-20(2)29(35)37-26-15-9-22(10-16-26)5-6-24-8-14-25(28(19-24)31(32,33)34)13-7-23-11-17-27(18-12-23)38-30(36)21(3)4/h8-12,14-19H,1,3,5-7,13H2,2,4H3. The van der Waals surface area contributed by atoms with E-state index < -0.39 is 23.7 Å². The summed E-state index contributed by atoms with van der Waals surface area (Å²) in [4.78, 5) is 23.2. The van der Waals surface area contributed by atoms with E-state index in [1.165, 1.54) is 6.07 Å². The molecule has 0 spiro atoms. The third-order valence-electron chi connectivity index (χ3n) is 5.83. The van der Waals surface area contributed by atoms with Gasteiger partial charge < -0.3 is 9.47 Å². The predicted octanol–water partition coefficient (Wildman–Crippen LogP) is 7.24. The minimum absolute atomic E-state index is 0.213. The Morgan fingerprint density at radius 1 is 0.658 bits per heavy atom. The summed E-state index contributed by atoms with van der Waals surface area (Å²) in [6, 6.07) is 18.0. The largest absolute Gasteiger partial charge is 0.423 e. The number of esters is 2. The van der Waals surface area contributed by atoms with Crippen molar-refractivity contribution in [3.63, 3.8) is 0 Å². The Bertz CT molecular complexity index is 1320. The van der Waals surface area contributed by atoms with Crippen LogP contribution < -0.4 is 9.47 Å². The summed E-state index contributed by atoms with van der Waals surface area (Å²) in [5.74, 6) is -0.315. The maximum absolute atomic E-state index is 13.9. The number of aryl methyl sites for hydroxylation is 4. The van der Waals surface area contributed by atoms with Crippen LogP contribution >= 0.6 is 0 Å². The zero-order valence-corrected chi connectivity index (χ0v) is 21.4. The van der Waals surface area contributed by atoms with Gasteiger partial charge in [-0.05, 0) is 92.1 Å². The van der Waals surface area contributed by atoms with Gasteiger partial charge in [-0.25, -0.2) is 9.59 Å². The van der Waals surface area contributed by atoms with E-state index in [0.29, 0.717) is 36.3 Å². The molecule has 0 saturated carbocycles. The summed E-state index contributed by atoms with van der Waals surface area (Å²) < 4.78 is 51.9. The van der Waals surface area contributed by atoms with Crippen LogP contribution in [0.3, 0.4) is 0 Å². The quantitative estimate of drug-likeness (QED) is 0.160. The third kappa shape index (κ3) is 8.20. The van der Waals surface area contributed by atoms with E-state index in [-0.39, 0.29) is 23.1 Å². The van der Waals surface area contributed by atoms with Gasteiger partial charge in [-0.2, -0.15) is 13.2 Å². The Balaban J connectivity index is 1.63. The number of alkyl halides is 3. The second kappa shape index (κ2) is 12.4. The van der Waals surface area contributed by atoms with Gasteiger partial charge in [0.25, 0.3) is 0 Å². The number of carbonyl (C=O) groups excluding carboxylic acids is 2. The van der Waals surface area contributed by atoms with Gasteiger partial charge in [0.1, 0.15) is 11.5 Å². The average molecular weight is 523 g/mol. The van der Waals surface area contributed by atoms with Gasteiger partial charge in [0.05, 0.1) is 5.56 Å². The Hall–Kier alpha value is -4.13. The number of rotatable bonds is 10. The highest BCUT2D eigenvalue weighted by Crippen LogP contribution is 2.34. The molecule has 0 radical (unpaired) electrons. The first-order valence-corrected chi connectivity index (χ1v) is 12.0. The molecular weight excluding hydrogens is 493 g/mol. The fourth-order valence-electron chi connectivity index (χ4n) is 3.67. The highest BCUT2D eigenvalue weighted by Gasteiger charge is 2.33. The summed E-state index contributed by atoms with van der Waals surface area (Å²) in [6.07, 6.45) is -2.89. The zero-order chi connectivity index (χ0) is 27.9. The fourth-order valence-corrected chi connectivity index (χ4v) is 3.67. The van der Waals surface area contributed by atoms with Crippen molar-refractivity contribution < 1.29 is 32.2 Å². The van der Waals surface area contributed by atoms with Crippen LogP contribution in [-0.4, -0.2) is 11.9 Å². The lowest BCUT2D eigenvalue weighted by atomic mass is 9.95. The van der Waals surface area contributed by atoms with Gasteiger partial charge in [0.2, 0.25) is 0 Å². The van der Waals surface area contributed by atoms with Crippen LogP contribution in [0.5, 0.6) is 11.5 Å². The molecule has 3 aromatic carbocycles. The molecule has 4 nitrogen and oxygen atoms in total. The van der Waals surface area contributed by atoms with Crippen LogP contribution in [0.1, 0.15) is 41.7 Å². The summed E-state index contributed by atoms with van der Waals surface area (Å²) >= 11 is 0. The predicted molar refractivity (Wildman–Crippen MR) is 140 cm³/mol. The van der Waals surface area contributed by atoms with Crippen LogP contribution in [-0.2, 0) is 41.4 Å². The first kappa shape index (κ1) is 28.4. The number of hydrogen-bond donors (Lipinski definition) is 0. The van der Waals surface area contributed by atoms with Crippen LogP contribution in [0.4, 0.5) is 13.2 Å². The third-order valence-corrected chi connectivity index (χ3v) is 5.83. The Kier molecular flexibility index (Phi) is 9.29. The molecule has 0 aliphatic rings. The zero-order valence-electron chi connectivity index (χ0n) is 21.4. The summed E-state index contributed by atoms with van der Waals surface area (Å²) in [7, 11) is 0. The second-order valence-electron chi connectivity index (χ2n) is 9.12. The molecule has 0 aliphatic carbocycles. The van der Waals surface area contributed by atoms with Gasteiger partial charge in [-0.3, -0.25) is 0 Å². The molecule has 0 atom stereocenters. The lowest BCUT2D eigenvalue weighted by Gasteiger charge is -2.15. The van der Waals surface area contributed by atoms with E-state index >= 15 is 0 Å². The number of hydrogen-bond acceptors (Lipinski definition) is 4. The van der Waals surface area contributed by atoms with Crippen molar-refractivity contribution in [1.82, 2.24) is 0 Å². The van der Waals surface area contributed by atoms with Gasteiger partial charge in [-0.1, -0.05) is 49.6 Å². The minimum Gasteiger partial charge on any atom is -0.423 e. The van der Waals surface area contributed by atoms with E-state index in [9.17, 15) is 22.8 Å². The van der Waals surface area contributed by atoms with Crippen molar-refractivity contribution in [2.24, 2.45) is 0 Å². The molecule has 38 heavy (non-hydrogen) atoms. The average Bonchev–Trinajstić information content (AvgIpc) is 2.87. The first-order chi connectivity index (χ1) is 17.9. The van der Waals surface area contributed by atoms with Gasteiger partial charge in [0, 0.05) is 11.1 Å². The second-order valence-corrected chi connectivity index (χ2v) is 9.12. The van der Waals surface area contributed by atoms with E-state index in [2.05, 4.69) is 13.2 Å². The highest BCUT2D eigenvalue weighted by atomic mass is 19.4. The molecule has 0 heterocycles. The number of ether oxygens (including phenoxy) is 2. The monoisotopic (exact) mass is 522 g/mol. The lowest BCUT2D eigenvalue weighted by molar-refractivity contribution is -0.138. The van der Waals surface area contributed by atoms with E-state index in [1.807, 2.05) is 0 Å². The Labute approximate surface area is 220 Å². The van der Waals surface area contributed by atoms with Crippen LogP contribution in [0.15, 0.2) is 91.0 Å². The smallest absolute Gasteiger partial charge is 0.416 e. The Morgan fingerprint density at radius 2 is 1.05 bits per heavy atom. The van der Waals surface area contributed by atoms with Crippen LogP contribution in [0.25, 0.3) is 0 Å². The van der Waals surface area contributed by atoms with E-state index in [0.717, 1.165) is 11.1 Å². The molecule has 0 saturated heterocycles.